The van der Waals surface area contributed by atoms with E-state index in [4.69, 9.17) is 0 Å². The number of hydrogen-bond donors (Lipinski definition) is 0. The van der Waals surface area contributed by atoms with Gasteiger partial charge < -0.3 is 0 Å². The SMILES string of the molecule is CCCCC1(CCCC)CCCC(Br)C1Br. The van der Waals surface area contributed by atoms with Gasteiger partial charge in [-0.3, -0.25) is 0 Å². The van der Waals surface area contributed by atoms with Crippen LogP contribution >= 0.6 is 31.9 Å². The molecule has 16 heavy (non-hydrogen) atoms. The van der Waals surface area contributed by atoms with Gasteiger partial charge in [0.25, 0.3) is 0 Å². The van der Waals surface area contributed by atoms with Gasteiger partial charge in [0.15, 0.2) is 0 Å². The van der Waals surface area contributed by atoms with E-state index in [0.717, 1.165) is 0 Å². The maximum atomic E-state index is 3.99. The second kappa shape index (κ2) is 7.41. The molecule has 1 aliphatic carbocycles. The predicted octanol–water partition coefficient (Wildman–Crippen LogP) is 6.06. The largest absolute Gasteiger partial charge is 0.0878 e. The highest BCUT2D eigenvalue weighted by Gasteiger charge is 2.42. The maximum Gasteiger partial charge on any atom is 0.0327 e. The van der Waals surface area contributed by atoms with Gasteiger partial charge >= 0.3 is 0 Å². The number of alkyl halides is 2. The summed E-state index contributed by atoms with van der Waals surface area (Å²) in [5, 5.41) is 0. The maximum absolute atomic E-state index is 3.99. The van der Waals surface area contributed by atoms with Crippen molar-refractivity contribution in [3.05, 3.63) is 0 Å². The Hall–Kier alpha value is 0.960. The van der Waals surface area contributed by atoms with Crippen molar-refractivity contribution < 1.29 is 0 Å². The molecule has 0 nitrogen and oxygen atoms in total. The lowest BCUT2D eigenvalue weighted by molar-refractivity contribution is 0.167. The standard InChI is InChI=1S/C14H26Br2/c1-3-5-9-14(10-6-4-2)11-7-8-12(15)13(14)16/h12-13H,3-11H2,1-2H3. The summed E-state index contributed by atoms with van der Waals surface area (Å²) in [6, 6.07) is 0. The fraction of sp³-hybridized carbons (Fsp3) is 1.00. The zero-order chi connectivity index (χ0) is 12.0. The molecule has 0 aromatic carbocycles. The molecule has 0 heterocycles. The van der Waals surface area contributed by atoms with Gasteiger partial charge in [-0.1, -0.05) is 77.8 Å². The summed E-state index contributed by atoms with van der Waals surface area (Å²) in [4.78, 5) is 1.38. The van der Waals surface area contributed by atoms with Crippen LogP contribution in [0.15, 0.2) is 0 Å². The lowest BCUT2D eigenvalue weighted by atomic mass is 9.68. The van der Waals surface area contributed by atoms with Gasteiger partial charge in [0.2, 0.25) is 0 Å². The van der Waals surface area contributed by atoms with E-state index in [-0.39, 0.29) is 0 Å². The fourth-order valence-corrected chi connectivity index (χ4v) is 4.86. The topological polar surface area (TPSA) is 0 Å². The van der Waals surface area contributed by atoms with Crippen molar-refractivity contribution in [1.82, 2.24) is 0 Å². The summed E-state index contributed by atoms with van der Waals surface area (Å²) >= 11 is 7.86. The Kier molecular flexibility index (Phi) is 6.95. The van der Waals surface area contributed by atoms with Crippen LogP contribution in [0.4, 0.5) is 0 Å². The van der Waals surface area contributed by atoms with Crippen LogP contribution in [0, 0.1) is 5.41 Å². The van der Waals surface area contributed by atoms with Crippen molar-refractivity contribution in [2.45, 2.75) is 81.3 Å². The quantitative estimate of drug-likeness (QED) is 0.508. The van der Waals surface area contributed by atoms with Crippen LogP contribution in [0.3, 0.4) is 0 Å². The minimum atomic E-state index is 0.582. The Balaban J connectivity index is 2.66. The zero-order valence-corrected chi connectivity index (χ0v) is 13.9. The molecule has 0 amide bonds. The van der Waals surface area contributed by atoms with Crippen LogP contribution in [-0.2, 0) is 0 Å². The van der Waals surface area contributed by atoms with Gasteiger partial charge in [-0.2, -0.15) is 0 Å². The fourth-order valence-electron chi connectivity index (χ4n) is 3.03. The van der Waals surface area contributed by atoms with E-state index in [1.54, 1.807) is 0 Å². The summed E-state index contributed by atoms with van der Waals surface area (Å²) in [6.07, 6.45) is 12.5. The molecule has 1 saturated carbocycles. The summed E-state index contributed by atoms with van der Waals surface area (Å²) in [6.45, 7) is 4.62. The van der Waals surface area contributed by atoms with Crippen molar-refractivity contribution in [2.24, 2.45) is 5.41 Å². The van der Waals surface area contributed by atoms with Gasteiger partial charge in [-0.05, 0) is 31.1 Å². The van der Waals surface area contributed by atoms with Gasteiger partial charge in [0.05, 0.1) is 0 Å². The smallest absolute Gasteiger partial charge is 0.0327 e. The van der Waals surface area contributed by atoms with Gasteiger partial charge in [-0.15, -0.1) is 0 Å². The van der Waals surface area contributed by atoms with E-state index in [2.05, 4.69) is 45.7 Å². The van der Waals surface area contributed by atoms with Crippen molar-refractivity contribution in [3.63, 3.8) is 0 Å². The third kappa shape index (κ3) is 3.73. The lowest BCUT2D eigenvalue weighted by Crippen LogP contribution is -2.40. The molecule has 2 unspecified atom stereocenters. The van der Waals surface area contributed by atoms with Crippen molar-refractivity contribution in [3.8, 4) is 0 Å². The second-order valence-corrected chi connectivity index (χ2v) is 7.54. The molecular weight excluding hydrogens is 328 g/mol. The van der Waals surface area contributed by atoms with E-state index < -0.39 is 0 Å². The highest BCUT2D eigenvalue weighted by atomic mass is 79.9. The molecule has 0 bridgehead atoms. The van der Waals surface area contributed by atoms with Crippen LogP contribution in [0.1, 0.15) is 71.6 Å². The molecule has 1 rings (SSSR count). The average Bonchev–Trinajstić information content (AvgIpc) is 2.30. The van der Waals surface area contributed by atoms with Gasteiger partial charge in [0, 0.05) is 9.65 Å². The van der Waals surface area contributed by atoms with E-state index in [1.165, 1.54) is 57.8 Å². The summed E-state index contributed by atoms with van der Waals surface area (Å²) in [7, 11) is 0. The molecule has 0 aliphatic heterocycles. The Morgan fingerprint density at radius 1 is 1.06 bits per heavy atom. The molecule has 0 saturated heterocycles. The molecule has 2 heteroatoms. The second-order valence-electron chi connectivity index (χ2n) is 5.38. The highest BCUT2D eigenvalue weighted by Crippen LogP contribution is 2.50. The minimum absolute atomic E-state index is 0.582. The van der Waals surface area contributed by atoms with Gasteiger partial charge in [0.1, 0.15) is 0 Å². The molecule has 0 spiro atoms. The normalized spacial score (nSPS) is 29.2. The summed E-state index contributed by atoms with van der Waals surface area (Å²) in [5.41, 5.74) is 0.582. The third-order valence-electron chi connectivity index (χ3n) is 4.11. The van der Waals surface area contributed by atoms with Crippen molar-refractivity contribution in [1.29, 1.82) is 0 Å². The number of hydrogen-bond acceptors (Lipinski definition) is 0. The van der Waals surface area contributed by atoms with Crippen LogP contribution in [0.2, 0.25) is 0 Å². The first-order valence-electron chi connectivity index (χ1n) is 6.94. The van der Waals surface area contributed by atoms with Crippen LogP contribution < -0.4 is 0 Å². The average molecular weight is 354 g/mol. The van der Waals surface area contributed by atoms with Crippen LogP contribution in [-0.4, -0.2) is 9.65 Å². The van der Waals surface area contributed by atoms with Crippen LogP contribution in [0.5, 0.6) is 0 Å². The molecule has 0 N–H and O–H groups in total. The molecular formula is C14H26Br2. The zero-order valence-electron chi connectivity index (χ0n) is 10.8. The van der Waals surface area contributed by atoms with E-state index in [1.807, 2.05) is 0 Å². The molecule has 2 atom stereocenters. The minimum Gasteiger partial charge on any atom is -0.0878 e. The molecule has 1 fully saturated rings. The summed E-state index contributed by atoms with van der Waals surface area (Å²) < 4.78 is 0. The Bertz CT molecular complexity index is 183. The lowest BCUT2D eigenvalue weighted by Gasteiger charge is -2.44. The highest BCUT2D eigenvalue weighted by molar-refractivity contribution is 9.12. The molecule has 0 aromatic heterocycles. The van der Waals surface area contributed by atoms with Crippen molar-refractivity contribution >= 4 is 31.9 Å². The first-order valence-corrected chi connectivity index (χ1v) is 8.77. The van der Waals surface area contributed by atoms with Crippen LogP contribution in [0.25, 0.3) is 0 Å². The van der Waals surface area contributed by atoms with E-state index in [9.17, 15) is 0 Å². The Morgan fingerprint density at radius 3 is 2.12 bits per heavy atom. The number of rotatable bonds is 6. The van der Waals surface area contributed by atoms with E-state index in [0.29, 0.717) is 15.1 Å². The first kappa shape index (κ1) is 15.0. The molecule has 96 valence electrons. The molecule has 1 aliphatic rings. The van der Waals surface area contributed by atoms with Crippen molar-refractivity contribution in [2.75, 3.05) is 0 Å². The Labute approximate surface area is 118 Å². The molecule has 0 aromatic rings. The monoisotopic (exact) mass is 352 g/mol. The Morgan fingerprint density at radius 2 is 1.62 bits per heavy atom. The first-order chi connectivity index (χ1) is 7.66. The third-order valence-corrected chi connectivity index (χ3v) is 7.42. The van der Waals surface area contributed by atoms with E-state index >= 15 is 0 Å². The number of unbranched alkanes of at least 4 members (excludes halogenated alkanes) is 2. The number of halogens is 2. The molecule has 0 radical (unpaired) electrons. The van der Waals surface area contributed by atoms with Gasteiger partial charge in [-0.25, -0.2) is 0 Å². The predicted molar refractivity (Wildman–Crippen MR) is 80.8 cm³/mol. The summed E-state index contributed by atoms with van der Waals surface area (Å²) in [5.74, 6) is 0.